The summed E-state index contributed by atoms with van der Waals surface area (Å²) in [6.45, 7) is 4.69. The van der Waals surface area contributed by atoms with Gasteiger partial charge in [0.25, 0.3) is 0 Å². The number of hydrogen-bond acceptors (Lipinski definition) is 4. The van der Waals surface area contributed by atoms with Crippen LogP contribution in [0.2, 0.25) is 0 Å². The zero-order valence-electron chi connectivity index (χ0n) is 13.2. The number of hydrogen-bond donors (Lipinski definition) is 1. The quantitative estimate of drug-likeness (QED) is 0.945. The number of piperidine rings is 3. The van der Waals surface area contributed by atoms with E-state index in [4.69, 9.17) is 0 Å². The maximum absolute atomic E-state index is 13.8. The summed E-state index contributed by atoms with van der Waals surface area (Å²) in [5.74, 6) is 1.09. The van der Waals surface area contributed by atoms with E-state index in [1.165, 1.54) is 32.0 Å². The standard InChI is InChI=1S/C18H21FN4/c1-12-17(13-6-8-23(12)9-7-13)22-18-20-10-14(11-21-18)15-4-2-3-5-16(15)19/h2-5,10-13,17H,6-9H2,1H3,(H,20,21,22)/t12-,17+/m1/s1. The Morgan fingerprint density at radius 1 is 1.13 bits per heavy atom. The lowest BCUT2D eigenvalue weighted by Gasteiger charge is -2.49. The van der Waals surface area contributed by atoms with Gasteiger partial charge in [0.15, 0.2) is 0 Å². The van der Waals surface area contributed by atoms with E-state index < -0.39 is 0 Å². The third-order valence-electron chi connectivity index (χ3n) is 5.31. The van der Waals surface area contributed by atoms with Crippen LogP contribution in [-0.2, 0) is 0 Å². The van der Waals surface area contributed by atoms with Crippen LogP contribution in [0, 0.1) is 11.7 Å². The van der Waals surface area contributed by atoms with Gasteiger partial charge in [0, 0.05) is 35.6 Å². The topological polar surface area (TPSA) is 41.1 Å². The first-order chi connectivity index (χ1) is 11.2. The molecular weight excluding hydrogens is 291 g/mol. The van der Waals surface area contributed by atoms with Crippen LogP contribution in [0.15, 0.2) is 36.7 Å². The van der Waals surface area contributed by atoms with E-state index in [1.54, 1.807) is 24.5 Å². The lowest BCUT2D eigenvalue weighted by atomic mass is 9.79. The van der Waals surface area contributed by atoms with E-state index in [0.717, 1.165) is 0 Å². The molecule has 4 heterocycles. The molecule has 3 fully saturated rings. The number of nitrogens with one attached hydrogen (secondary N) is 1. The number of aromatic nitrogens is 2. The second-order valence-corrected chi connectivity index (χ2v) is 6.56. The number of benzene rings is 1. The molecule has 1 N–H and O–H groups in total. The SMILES string of the molecule is C[C@@H]1[C@H](Nc2ncc(-c3ccccc3F)cn2)C2CCN1CC2. The molecular formula is C18H21FN4. The van der Waals surface area contributed by atoms with Gasteiger partial charge in [0.1, 0.15) is 5.82 Å². The smallest absolute Gasteiger partial charge is 0.222 e. The molecule has 1 aromatic carbocycles. The second-order valence-electron chi connectivity index (χ2n) is 6.56. The average molecular weight is 312 g/mol. The van der Waals surface area contributed by atoms with Gasteiger partial charge >= 0.3 is 0 Å². The van der Waals surface area contributed by atoms with Crippen LogP contribution in [0.4, 0.5) is 10.3 Å². The van der Waals surface area contributed by atoms with Crippen molar-refractivity contribution < 1.29 is 4.39 Å². The van der Waals surface area contributed by atoms with E-state index in [2.05, 4.69) is 27.1 Å². The van der Waals surface area contributed by atoms with Gasteiger partial charge in [-0.3, -0.25) is 4.90 Å². The number of halogens is 1. The van der Waals surface area contributed by atoms with Crippen LogP contribution in [0.1, 0.15) is 19.8 Å². The van der Waals surface area contributed by atoms with Gasteiger partial charge in [-0.05, 0) is 44.8 Å². The zero-order chi connectivity index (χ0) is 15.8. The first kappa shape index (κ1) is 14.6. The summed E-state index contributed by atoms with van der Waals surface area (Å²) in [5, 5.41) is 3.50. The van der Waals surface area contributed by atoms with Gasteiger partial charge in [0.2, 0.25) is 5.95 Å². The highest BCUT2D eigenvalue weighted by molar-refractivity contribution is 5.62. The van der Waals surface area contributed by atoms with E-state index in [9.17, 15) is 4.39 Å². The third-order valence-corrected chi connectivity index (χ3v) is 5.31. The lowest BCUT2D eigenvalue weighted by Crippen LogP contribution is -2.59. The van der Waals surface area contributed by atoms with Crippen molar-refractivity contribution >= 4 is 5.95 Å². The van der Waals surface area contributed by atoms with Crippen LogP contribution >= 0.6 is 0 Å². The van der Waals surface area contributed by atoms with Crippen LogP contribution in [-0.4, -0.2) is 40.0 Å². The first-order valence-corrected chi connectivity index (χ1v) is 8.30. The summed E-state index contributed by atoms with van der Waals surface area (Å²) in [5.41, 5.74) is 1.24. The normalized spacial score (nSPS) is 29.5. The molecule has 0 spiro atoms. The van der Waals surface area contributed by atoms with E-state index >= 15 is 0 Å². The van der Waals surface area contributed by atoms with Crippen molar-refractivity contribution in [1.29, 1.82) is 0 Å². The Morgan fingerprint density at radius 3 is 2.48 bits per heavy atom. The predicted molar refractivity (Wildman–Crippen MR) is 88.6 cm³/mol. The molecule has 2 atom stereocenters. The average Bonchev–Trinajstić information content (AvgIpc) is 2.60. The summed E-state index contributed by atoms with van der Waals surface area (Å²) in [7, 11) is 0. The number of rotatable bonds is 3. The van der Waals surface area contributed by atoms with Crippen molar-refractivity contribution in [2.45, 2.75) is 31.8 Å². The molecule has 23 heavy (non-hydrogen) atoms. The van der Waals surface area contributed by atoms with E-state index in [-0.39, 0.29) is 5.82 Å². The first-order valence-electron chi connectivity index (χ1n) is 8.30. The monoisotopic (exact) mass is 312 g/mol. The Labute approximate surface area is 135 Å². The fourth-order valence-electron chi connectivity index (χ4n) is 3.93. The third kappa shape index (κ3) is 2.70. The fourth-order valence-corrected chi connectivity index (χ4v) is 3.93. The van der Waals surface area contributed by atoms with Crippen molar-refractivity contribution in [3.05, 3.63) is 42.5 Å². The Morgan fingerprint density at radius 2 is 1.83 bits per heavy atom. The Balaban J connectivity index is 1.52. The molecule has 3 aliphatic rings. The molecule has 120 valence electrons. The molecule has 3 saturated heterocycles. The van der Waals surface area contributed by atoms with Gasteiger partial charge in [-0.1, -0.05) is 18.2 Å². The Kier molecular flexibility index (Phi) is 3.73. The maximum atomic E-state index is 13.8. The zero-order valence-corrected chi connectivity index (χ0v) is 13.2. The summed E-state index contributed by atoms with van der Waals surface area (Å²) >= 11 is 0. The molecule has 4 nitrogen and oxygen atoms in total. The molecule has 0 amide bonds. The summed E-state index contributed by atoms with van der Waals surface area (Å²) in [6.07, 6.45) is 5.88. The molecule has 0 saturated carbocycles. The Bertz CT molecular complexity index is 678. The van der Waals surface area contributed by atoms with Crippen LogP contribution in [0.25, 0.3) is 11.1 Å². The number of anilines is 1. The van der Waals surface area contributed by atoms with Gasteiger partial charge < -0.3 is 5.32 Å². The predicted octanol–water partition coefficient (Wildman–Crippen LogP) is 3.18. The van der Waals surface area contributed by atoms with E-state index in [1.807, 2.05) is 6.07 Å². The minimum atomic E-state index is -0.247. The molecule has 1 aromatic heterocycles. The lowest BCUT2D eigenvalue weighted by molar-refractivity contribution is 0.0455. The molecule has 5 heteroatoms. The number of fused-ring (bicyclic) bond motifs is 3. The molecule has 0 radical (unpaired) electrons. The summed E-state index contributed by atoms with van der Waals surface area (Å²) < 4.78 is 13.8. The van der Waals surface area contributed by atoms with E-state index in [0.29, 0.717) is 35.1 Å². The number of nitrogens with zero attached hydrogens (tertiary/aromatic N) is 3. The van der Waals surface area contributed by atoms with Crippen molar-refractivity contribution in [2.75, 3.05) is 18.4 Å². The van der Waals surface area contributed by atoms with Crippen molar-refractivity contribution in [3.8, 4) is 11.1 Å². The largest absolute Gasteiger partial charge is 0.350 e. The van der Waals surface area contributed by atoms with Crippen LogP contribution in [0.3, 0.4) is 0 Å². The molecule has 0 aliphatic carbocycles. The second kappa shape index (κ2) is 5.89. The van der Waals surface area contributed by atoms with Gasteiger partial charge in [-0.2, -0.15) is 0 Å². The minimum Gasteiger partial charge on any atom is -0.350 e. The van der Waals surface area contributed by atoms with Gasteiger partial charge in [0.05, 0.1) is 0 Å². The molecule has 0 unspecified atom stereocenters. The van der Waals surface area contributed by atoms with Crippen molar-refractivity contribution in [1.82, 2.24) is 14.9 Å². The highest BCUT2D eigenvalue weighted by Gasteiger charge is 2.39. The highest BCUT2D eigenvalue weighted by Crippen LogP contribution is 2.33. The Hall–Kier alpha value is -2.01. The maximum Gasteiger partial charge on any atom is 0.222 e. The fraction of sp³-hybridized carbons (Fsp3) is 0.444. The molecule has 5 rings (SSSR count). The molecule has 2 aromatic rings. The molecule has 2 bridgehead atoms. The summed E-state index contributed by atoms with van der Waals surface area (Å²) in [4.78, 5) is 11.3. The van der Waals surface area contributed by atoms with Gasteiger partial charge in [-0.25, -0.2) is 14.4 Å². The summed E-state index contributed by atoms with van der Waals surface area (Å²) in [6, 6.07) is 7.62. The van der Waals surface area contributed by atoms with Crippen LogP contribution in [0.5, 0.6) is 0 Å². The van der Waals surface area contributed by atoms with Crippen molar-refractivity contribution in [2.24, 2.45) is 5.92 Å². The minimum absolute atomic E-state index is 0.247. The molecule has 3 aliphatic heterocycles. The van der Waals surface area contributed by atoms with Crippen LogP contribution < -0.4 is 5.32 Å². The highest BCUT2D eigenvalue weighted by atomic mass is 19.1. The van der Waals surface area contributed by atoms with Crippen molar-refractivity contribution in [3.63, 3.8) is 0 Å². The van der Waals surface area contributed by atoms with Gasteiger partial charge in [-0.15, -0.1) is 0 Å².